The van der Waals surface area contributed by atoms with Gasteiger partial charge in [-0.25, -0.2) is 4.98 Å². The maximum absolute atomic E-state index is 12.9. The molecule has 1 atom stereocenters. The van der Waals surface area contributed by atoms with Crippen LogP contribution >= 0.6 is 11.8 Å². The molecular formula is C22H25N3O4S. The summed E-state index contributed by atoms with van der Waals surface area (Å²) in [5, 5.41) is 12.6. The van der Waals surface area contributed by atoms with Gasteiger partial charge in [0, 0.05) is 18.8 Å². The van der Waals surface area contributed by atoms with Gasteiger partial charge in [-0.05, 0) is 56.7 Å². The molecule has 3 aromatic rings. The molecule has 3 rings (SSSR count). The Labute approximate surface area is 179 Å². The molecule has 0 spiro atoms. The van der Waals surface area contributed by atoms with E-state index in [9.17, 15) is 14.7 Å². The predicted octanol–water partition coefficient (Wildman–Crippen LogP) is 3.30. The molecule has 0 saturated carbocycles. The highest BCUT2D eigenvalue weighted by Gasteiger charge is 2.19. The van der Waals surface area contributed by atoms with Crippen LogP contribution in [0.4, 0.5) is 5.69 Å². The fourth-order valence-electron chi connectivity index (χ4n) is 2.92. The Morgan fingerprint density at radius 2 is 1.97 bits per heavy atom. The number of aliphatic hydroxyl groups excluding tert-OH is 1. The molecule has 1 heterocycles. The lowest BCUT2D eigenvalue weighted by Gasteiger charge is -2.16. The van der Waals surface area contributed by atoms with Crippen molar-refractivity contribution in [3.05, 3.63) is 58.9 Å². The number of aliphatic hydroxyl groups is 1. The number of aromatic nitrogens is 2. The van der Waals surface area contributed by atoms with Crippen LogP contribution in [0.3, 0.4) is 0 Å². The van der Waals surface area contributed by atoms with E-state index in [1.54, 1.807) is 49.4 Å². The number of hydrogen-bond donors (Lipinski definition) is 2. The van der Waals surface area contributed by atoms with Crippen LogP contribution in [0.1, 0.15) is 20.3 Å². The summed E-state index contributed by atoms with van der Waals surface area (Å²) in [7, 11) is 0. The molecule has 30 heavy (non-hydrogen) atoms. The molecule has 0 fully saturated rings. The van der Waals surface area contributed by atoms with Gasteiger partial charge in [-0.2, -0.15) is 0 Å². The molecule has 0 bridgehead atoms. The minimum absolute atomic E-state index is 0.0306. The summed E-state index contributed by atoms with van der Waals surface area (Å²) in [6, 6.07) is 14.3. The Morgan fingerprint density at radius 3 is 2.67 bits per heavy atom. The normalized spacial score (nSPS) is 12.0. The maximum Gasteiger partial charge on any atom is 0.262 e. The predicted molar refractivity (Wildman–Crippen MR) is 119 cm³/mol. The molecule has 0 radical (unpaired) electrons. The lowest BCUT2D eigenvalue weighted by atomic mass is 10.2. The fourth-order valence-corrected chi connectivity index (χ4v) is 3.85. The Kier molecular flexibility index (Phi) is 7.48. The van der Waals surface area contributed by atoms with Crippen molar-refractivity contribution < 1.29 is 14.6 Å². The SMILES string of the molecule is CCOc1ccc(NC(=O)C(C)Sc2nc3ccccc3c(=O)n2CCCO)cc1. The van der Waals surface area contributed by atoms with Crippen LogP contribution < -0.4 is 15.6 Å². The summed E-state index contributed by atoms with van der Waals surface area (Å²) in [5.41, 5.74) is 1.08. The third kappa shape index (κ3) is 5.20. The van der Waals surface area contributed by atoms with E-state index >= 15 is 0 Å². The molecule has 7 nitrogen and oxygen atoms in total. The first-order chi connectivity index (χ1) is 14.5. The van der Waals surface area contributed by atoms with Gasteiger partial charge in [-0.15, -0.1) is 0 Å². The van der Waals surface area contributed by atoms with Crippen molar-refractivity contribution in [1.29, 1.82) is 0 Å². The number of para-hydroxylation sites is 1. The summed E-state index contributed by atoms with van der Waals surface area (Å²) >= 11 is 1.22. The zero-order valence-electron chi connectivity index (χ0n) is 17.0. The fraction of sp³-hybridized carbons (Fsp3) is 0.318. The van der Waals surface area contributed by atoms with E-state index in [0.29, 0.717) is 41.3 Å². The first-order valence-corrected chi connectivity index (χ1v) is 10.7. The highest BCUT2D eigenvalue weighted by molar-refractivity contribution is 8.00. The van der Waals surface area contributed by atoms with Crippen molar-refractivity contribution in [2.75, 3.05) is 18.5 Å². The number of amides is 1. The number of benzene rings is 2. The summed E-state index contributed by atoms with van der Waals surface area (Å²) < 4.78 is 6.94. The van der Waals surface area contributed by atoms with Gasteiger partial charge in [-0.1, -0.05) is 23.9 Å². The van der Waals surface area contributed by atoms with Crippen molar-refractivity contribution in [2.24, 2.45) is 0 Å². The van der Waals surface area contributed by atoms with Crippen molar-refractivity contribution in [2.45, 2.75) is 37.2 Å². The number of anilines is 1. The minimum atomic E-state index is -0.481. The molecule has 1 unspecified atom stereocenters. The molecule has 2 aromatic carbocycles. The number of ether oxygens (including phenoxy) is 1. The smallest absolute Gasteiger partial charge is 0.262 e. The number of carbonyl (C=O) groups excluding carboxylic acids is 1. The molecule has 158 valence electrons. The highest BCUT2D eigenvalue weighted by Crippen LogP contribution is 2.24. The van der Waals surface area contributed by atoms with Crippen molar-refractivity contribution in [3.63, 3.8) is 0 Å². The van der Waals surface area contributed by atoms with Crippen LogP contribution in [-0.4, -0.2) is 39.0 Å². The average Bonchev–Trinajstić information content (AvgIpc) is 2.75. The Bertz CT molecular complexity index is 1070. The van der Waals surface area contributed by atoms with Crippen molar-refractivity contribution in [3.8, 4) is 5.75 Å². The van der Waals surface area contributed by atoms with Gasteiger partial charge in [-0.3, -0.25) is 14.2 Å². The highest BCUT2D eigenvalue weighted by atomic mass is 32.2. The quantitative estimate of drug-likeness (QED) is 0.402. The lowest BCUT2D eigenvalue weighted by Crippen LogP contribution is -2.27. The topological polar surface area (TPSA) is 93.5 Å². The van der Waals surface area contributed by atoms with Crippen LogP contribution in [0.5, 0.6) is 5.75 Å². The second kappa shape index (κ2) is 10.3. The Hall–Kier alpha value is -2.84. The molecule has 1 aromatic heterocycles. The molecule has 0 saturated heterocycles. The molecule has 0 aliphatic rings. The Balaban J connectivity index is 1.79. The summed E-state index contributed by atoms with van der Waals surface area (Å²) in [6.07, 6.45) is 0.431. The second-order valence-electron chi connectivity index (χ2n) is 6.65. The van der Waals surface area contributed by atoms with E-state index in [0.717, 1.165) is 5.75 Å². The number of hydrogen-bond acceptors (Lipinski definition) is 6. The van der Waals surface area contributed by atoms with Crippen molar-refractivity contribution >= 4 is 34.3 Å². The molecule has 0 aliphatic carbocycles. The number of nitrogens with one attached hydrogen (secondary N) is 1. The minimum Gasteiger partial charge on any atom is -0.494 e. The molecule has 8 heteroatoms. The first kappa shape index (κ1) is 21.9. The van der Waals surface area contributed by atoms with Crippen molar-refractivity contribution in [1.82, 2.24) is 9.55 Å². The molecular weight excluding hydrogens is 402 g/mol. The number of nitrogens with zero attached hydrogens (tertiary/aromatic N) is 2. The molecule has 2 N–H and O–H groups in total. The largest absolute Gasteiger partial charge is 0.494 e. The first-order valence-electron chi connectivity index (χ1n) is 9.84. The van der Waals surface area contributed by atoms with Crippen LogP contribution in [0.15, 0.2) is 58.5 Å². The number of thioether (sulfide) groups is 1. The van der Waals surface area contributed by atoms with Gasteiger partial charge in [0.05, 0.1) is 22.8 Å². The number of fused-ring (bicyclic) bond motifs is 1. The van der Waals surface area contributed by atoms with Crippen LogP contribution in [-0.2, 0) is 11.3 Å². The van der Waals surface area contributed by atoms with Crippen LogP contribution in [0.25, 0.3) is 10.9 Å². The summed E-state index contributed by atoms with van der Waals surface area (Å²) in [4.78, 5) is 30.2. The summed E-state index contributed by atoms with van der Waals surface area (Å²) in [6.45, 7) is 4.57. The van der Waals surface area contributed by atoms with Gasteiger partial charge >= 0.3 is 0 Å². The molecule has 1 amide bonds. The number of carbonyl (C=O) groups is 1. The summed E-state index contributed by atoms with van der Waals surface area (Å²) in [5.74, 6) is 0.548. The van der Waals surface area contributed by atoms with Crippen LogP contribution in [0.2, 0.25) is 0 Å². The zero-order chi connectivity index (χ0) is 21.5. The van der Waals surface area contributed by atoms with Gasteiger partial charge in [0.2, 0.25) is 5.91 Å². The van der Waals surface area contributed by atoms with Gasteiger partial charge in [0.25, 0.3) is 5.56 Å². The Morgan fingerprint density at radius 1 is 1.23 bits per heavy atom. The van der Waals surface area contributed by atoms with E-state index < -0.39 is 5.25 Å². The second-order valence-corrected chi connectivity index (χ2v) is 7.96. The lowest BCUT2D eigenvalue weighted by molar-refractivity contribution is -0.115. The van der Waals surface area contributed by atoms with E-state index in [1.807, 2.05) is 13.0 Å². The van der Waals surface area contributed by atoms with E-state index in [1.165, 1.54) is 16.3 Å². The monoisotopic (exact) mass is 427 g/mol. The molecule has 0 aliphatic heterocycles. The van der Waals surface area contributed by atoms with Gasteiger partial charge in [0.1, 0.15) is 5.75 Å². The van der Waals surface area contributed by atoms with E-state index in [4.69, 9.17) is 4.74 Å². The van der Waals surface area contributed by atoms with Crippen LogP contribution in [0, 0.1) is 0 Å². The van der Waals surface area contributed by atoms with E-state index in [2.05, 4.69) is 10.3 Å². The third-order valence-corrected chi connectivity index (χ3v) is 5.54. The van der Waals surface area contributed by atoms with E-state index in [-0.39, 0.29) is 18.1 Å². The third-order valence-electron chi connectivity index (χ3n) is 4.45. The van der Waals surface area contributed by atoms with Gasteiger partial charge < -0.3 is 15.2 Å². The maximum atomic E-state index is 12.9. The standard InChI is InChI=1S/C22H25N3O4S/c1-3-29-17-11-9-16(10-12-17)23-20(27)15(2)30-22-24-19-8-5-4-7-18(19)21(28)25(22)13-6-14-26/h4-5,7-12,15,26H,3,6,13-14H2,1-2H3,(H,23,27). The zero-order valence-corrected chi connectivity index (χ0v) is 17.8. The van der Waals surface area contributed by atoms with Gasteiger partial charge in [0.15, 0.2) is 5.16 Å². The number of rotatable bonds is 9. The average molecular weight is 428 g/mol.